The van der Waals surface area contributed by atoms with Gasteiger partial charge in [-0.1, -0.05) is 6.92 Å². The second-order valence-electron chi connectivity index (χ2n) is 4.76. The van der Waals surface area contributed by atoms with Gasteiger partial charge < -0.3 is 15.4 Å². The van der Waals surface area contributed by atoms with Crippen molar-refractivity contribution in [3.05, 3.63) is 0 Å². The molecule has 98 valence electrons. The van der Waals surface area contributed by atoms with Crippen molar-refractivity contribution >= 4 is 11.9 Å². The number of hydrogen-bond donors (Lipinski definition) is 2. The lowest BCUT2D eigenvalue weighted by Crippen LogP contribution is -2.50. The van der Waals surface area contributed by atoms with Gasteiger partial charge in [0.2, 0.25) is 5.91 Å². The van der Waals surface area contributed by atoms with Crippen LogP contribution >= 0.6 is 0 Å². The van der Waals surface area contributed by atoms with Crippen LogP contribution in [0.1, 0.15) is 33.6 Å². The Morgan fingerprint density at radius 1 is 1.41 bits per heavy atom. The van der Waals surface area contributed by atoms with E-state index < -0.39 is 6.04 Å². The number of piperidine rings is 1. The van der Waals surface area contributed by atoms with Crippen LogP contribution in [0.15, 0.2) is 0 Å². The first-order valence-corrected chi connectivity index (χ1v) is 6.18. The van der Waals surface area contributed by atoms with E-state index in [2.05, 4.69) is 10.6 Å². The maximum absolute atomic E-state index is 12.1. The van der Waals surface area contributed by atoms with Crippen LogP contribution in [0.25, 0.3) is 0 Å². The van der Waals surface area contributed by atoms with Gasteiger partial charge in [0, 0.05) is 5.41 Å². The number of esters is 1. The molecule has 0 spiro atoms. The fourth-order valence-corrected chi connectivity index (χ4v) is 1.90. The summed E-state index contributed by atoms with van der Waals surface area (Å²) in [7, 11) is 0. The third kappa shape index (κ3) is 3.70. The lowest BCUT2D eigenvalue weighted by Gasteiger charge is -2.33. The van der Waals surface area contributed by atoms with Gasteiger partial charge in [0.15, 0.2) is 0 Å². The molecule has 1 amide bonds. The average Bonchev–Trinajstić information content (AvgIpc) is 2.30. The van der Waals surface area contributed by atoms with Crippen molar-refractivity contribution < 1.29 is 14.3 Å². The first kappa shape index (κ1) is 14.0. The Bertz CT molecular complexity index is 285. The predicted molar refractivity (Wildman–Crippen MR) is 64.4 cm³/mol. The van der Waals surface area contributed by atoms with E-state index in [1.807, 2.05) is 6.92 Å². The summed E-state index contributed by atoms with van der Waals surface area (Å²) < 4.78 is 4.86. The fourth-order valence-electron chi connectivity index (χ4n) is 1.90. The average molecular weight is 242 g/mol. The van der Waals surface area contributed by atoms with Crippen molar-refractivity contribution in [2.45, 2.75) is 39.7 Å². The Morgan fingerprint density at radius 2 is 2.00 bits per heavy atom. The molecule has 1 rings (SSSR count). The molecular formula is C12H22N2O3. The van der Waals surface area contributed by atoms with Crippen LogP contribution in [0.3, 0.4) is 0 Å². The van der Waals surface area contributed by atoms with Crippen molar-refractivity contribution in [1.82, 2.24) is 10.6 Å². The first-order chi connectivity index (χ1) is 7.99. The van der Waals surface area contributed by atoms with Crippen LogP contribution < -0.4 is 10.6 Å². The Morgan fingerprint density at radius 3 is 2.53 bits per heavy atom. The second kappa shape index (κ2) is 6.00. The largest absolute Gasteiger partial charge is 0.464 e. The number of rotatable bonds is 4. The van der Waals surface area contributed by atoms with Crippen LogP contribution in [-0.4, -0.2) is 37.6 Å². The fraction of sp³-hybridized carbons (Fsp3) is 0.833. The van der Waals surface area contributed by atoms with Crippen LogP contribution in [0.4, 0.5) is 0 Å². The molecule has 0 aromatic carbocycles. The molecule has 0 saturated carbocycles. The zero-order chi connectivity index (χ0) is 12.9. The zero-order valence-electron chi connectivity index (χ0n) is 10.8. The van der Waals surface area contributed by atoms with Crippen molar-refractivity contribution in [2.24, 2.45) is 5.41 Å². The number of hydrogen-bond acceptors (Lipinski definition) is 4. The van der Waals surface area contributed by atoms with Crippen molar-refractivity contribution in [1.29, 1.82) is 0 Å². The molecule has 1 heterocycles. The van der Waals surface area contributed by atoms with Gasteiger partial charge in [-0.25, -0.2) is 4.79 Å². The van der Waals surface area contributed by atoms with Crippen LogP contribution in [-0.2, 0) is 14.3 Å². The molecular weight excluding hydrogens is 220 g/mol. The maximum Gasteiger partial charge on any atom is 0.328 e. The van der Waals surface area contributed by atoms with Crippen molar-refractivity contribution in [3.63, 3.8) is 0 Å². The molecule has 0 radical (unpaired) electrons. The van der Waals surface area contributed by atoms with Gasteiger partial charge in [-0.15, -0.1) is 0 Å². The highest BCUT2D eigenvalue weighted by Crippen LogP contribution is 2.28. The molecule has 2 N–H and O–H groups in total. The van der Waals surface area contributed by atoms with Gasteiger partial charge in [-0.2, -0.15) is 0 Å². The highest BCUT2D eigenvalue weighted by atomic mass is 16.5. The highest BCUT2D eigenvalue weighted by molar-refractivity contribution is 5.87. The zero-order valence-corrected chi connectivity index (χ0v) is 10.8. The molecule has 1 fully saturated rings. The number of amides is 1. The van der Waals surface area contributed by atoms with Gasteiger partial charge in [-0.05, 0) is 39.8 Å². The standard InChI is InChI=1S/C12H22N2O3/c1-4-17-10(15)9(2)14-11(16)12(3)5-7-13-8-6-12/h9,13H,4-8H2,1-3H3,(H,14,16). The van der Waals surface area contributed by atoms with E-state index >= 15 is 0 Å². The minimum Gasteiger partial charge on any atom is -0.464 e. The SMILES string of the molecule is CCOC(=O)C(C)NC(=O)C1(C)CCNCC1. The van der Waals surface area contributed by atoms with Gasteiger partial charge >= 0.3 is 5.97 Å². The Balaban J connectivity index is 2.50. The Kier molecular flexibility index (Phi) is 4.93. The normalized spacial score (nSPS) is 20.4. The molecule has 5 nitrogen and oxygen atoms in total. The Labute approximate surface area is 102 Å². The van der Waals surface area contributed by atoms with Crippen LogP contribution in [0.5, 0.6) is 0 Å². The summed E-state index contributed by atoms with van der Waals surface area (Å²) in [4.78, 5) is 23.5. The van der Waals surface area contributed by atoms with E-state index in [4.69, 9.17) is 4.74 Å². The van der Waals surface area contributed by atoms with Crippen LogP contribution in [0.2, 0.25) is 0 Å². The summed E-state index contributed by atoms with van der Waals surface area (Å²) in [6.45, 7) is 7.37. The van der Waals surface area contributed by atoms with Crippen molar-refractivity contribution in [2.75, 3.05) is 19.7 Å². The molecule has 0 bridgehead atoms. The molecule has 0 aliphatic carbocycles. The summed E-state index contributed by atoms with van der Waals surface area (Å²) in [5.74, 6) is -0.432. The topological polar surface area (TPSA) is 67.4 Å². The minimum atomic E-state index is -0.575. The summed E-state index contributed by atoms with van der Waals surface area (Å²) in [5.41, 5.74) is -0.369. The summed E-state index contributed by atoms with van der Waals surface area (Å²) in [5, 5.41) is 5.95. The minimum absolute atomic E-state index is 0.0560. The number of nitrogens with one attached hydrogen (secondary N) is 2. The molecule has 1 unspecified atom stereocenters. The molecule has 1 aliphatic rings. The second-order valence-corrected chi connectivity index (χ2v) is 4.76. The van der Waals surface area contributed by atoms with Crippen molar-refractivity contribution in [3.8, 4) is 0 Å². The van der Waals surface area contributed by atoms with Gasteiger partial charge in [0.05, 0.1) is 6.61 Å². The van der Waals surface area contributed by atoms with E-state index in [0.29, 0.717) is 6.61 Å². The lowest BCUT2D eigenvalue weighted by molar-refractivity contribution is -0.148. The summed E-state index contributed by atoms with van der Waals surface area (Å²) in [6.07, 6.45) is 1.60. The van der Waals surface area contributed by atoms with Gasteiger partial charge in [0.1, 0.15) is 6.04 Å². The molecule has 1 aliphatic heterocycles. The molecule has 5 heteroatoms. The van der Waals surface area contributed by atoms with Gasteiger partial charge in [0.25, 0.3) is 0 Å². The Hall–Kier alpha value is -1.10. The first-order valence-electron chi connectivity index (χ1n) is 6.18. The van der Waals surface area contributed by atoms with Gasteiger partial charge in [-0.3, -0.25) is 4.79 Å². The molecule has 17 heavy (non-hydrogen) atoms. The summed E-state index contributed by atoms with van der Waals surface area (Å²) in [6, 6.07) is -0.575. The molecule has 0 aromatic heterocycles. The van der Waals surface area contributed by atoms with Crippen LogP contribution in [0, 0.1) is 5.41 Å². The van der Waals surface area contributed by atoms with E-state index in [1.165, 1.54) is 0 Å². The predicted octanol–water partition coefficient (Wildman–Crippen LogP) is 0.444. The molecule has 1 atom stereocenters. The molecule has 1 saturated heterocycles. The smallest absolute Gasteiger partial charge is 0.328 e. The maximum atomic E-state index is 12.1. The monoisotopic (exact) mass is 242 g/mol. The highest BCUT2D eigenvalue weighted by Gasteiger charge is 2.35. The van der Waals surface area contributed by atoms with E-state index in [0.717, 1.165) is 25.9 Å². The number of ether oxygens (including phenoxy) is 1. The molecule has 0 aromatic rings. The lowest BCUT2D eigenvalue weighted by atomic mass is 9.80. The number of carbonyl (C=O) groups is 2. The van der Waals surface area contributed by atoms with E-state index in [-0.39, 0.29) is 17.3 Å². The quantitative estimate of drug-likeness (QED) is 0.702. The summed E-state index contributed by atoms with van der Waals surface area (Å²) >= 11 is 0. The van der Waals surface area contributed by atoms with E-state index in [1.54, 1.807) is 13.8 Å². The number of carbonyl (C=O) groups excluding carboxylic acids is 2. The third-order valence-electron chi connectivity index (χ3n) is 3.24. The van der Waals surface area contributed by atoms with E-state index in [9.17, 15) is 9.59 Å². The third-order valence-corrected chi connectivity index (χ3v) is 3.24.